The van der Waals surface area contributed by atoms with Crippen molar-refractivity contribution in [2.45, 2.75) is 18.4 Å². The predicted molar refractivity (Wildman–Crippen MR) is 75.0 cm³/mol. The number of hydrogen-bond acceptors (Lipinski definition) is 5. The molecule has 2 atom stereocenters. The van der Waals surface area contributed by atoms with Crippen LogP contribution < -0.4 is 5.32 Å². The Morgan fingerprint density at radius 2 is 2.20 bits per heavy atom. The highest BCUT2D eigenvalue weighted by Gasteiger charge is 2.32. The molecule has 0 saturated carbocycles. The van der Waals surface area contributed by atoms with Crippen molar-refractivity contribution in [1.82, 2.24) is 15.5 Å². The summed E-state index contributed by atoms with van der Waals surface area (Å²) < 4.78 is 10.8. The third-order valence-corrected chi connectivity index (χ3v) is 3.93. The maximum Gasteiger partial charge on any atom is 0.233 e. The van der Waals surface area contributed by atoms with Gasteiger partial charge in [-0.25, -0.2) is 0 Å². The molecule has 106 valence electrons. The maximum atomic E-state index is 6.14. The number of aromatic nitrogens is 2. The molecular weight excluding hydrogens is 278 g/mol. The van der Waals surface area contributed by atoms with Crippen LogP contribution in [-0.2, 0) is 11.2 Å². The number of hydrogen-bond donors (Lipinski definition) is 1. The fourth-order valence-corrected chi connectivity index (χ4v) is 2.59. The summed E-state index contributed by atoms with van der Waals surface area (Å²) in [5, 5.41) is 7.96. The van der Waals surface area contributed by atoms with Crippen molar-refractivity contribution in [2.24, 2.45) is 0 Å². The van der Waals surface area contributed by atoms with Gasteiger partial charge in [0, 0.05) is 17.5 Å². The SMILES string of the molecule is CNC1COCC1c1nc(Cc2ccccc2Cl)no1. The number of ether oxygens (including phenoxy) is 1. The molecule has 2 aromatic rings. The molecule has 1 saturated heterocycles. The minimum Gasteiger partial charge on any atom is -0.379 e. The zero-order valence-electron chi connectivity index (χ0n) is 11.2. The standard InChI is InChI=1S/C14H16ClN3O2/c1-16-12-8-19-7-10(12)14-17-13(18-20-14)6-9-4-2-3-5-11(9)15/h2-5,10,12,16H,6-8H2,1H3. The monoisotopic (exact) mass is 293 g/mol. The largest absolute Gasteiger partial charge is 0.379 e. The highest BCUT2D eigenvalue weighted by atomic mass is 35.5. The van der Waals surface area contributed by atoms with E-state index in [0.717, 1.165) is 10.6 Å². The lowest BCUT2D eigenvalue weighted by Crippen LogP contribution is -2.31. The second-order valence-corrected chi connectivity index (χ2v) is 5.26. The van der Waals surface area contributed by atoms with Gasteiger partial charge in [0.1, 0.15) is 0 Å². The molecule has 1 aromatic carbocycles. The van der Waals surface area contributed by atoms with Crippen molar-refractivity contribution in [3.8, 4) is 0 Å². The van der Waals surface area contributed by atoms with E-state index in [1.807, 2.05) is 31.3 Å². The van der Waals surface area contributed by atoms with Gasteiger partial charge in [-0.2, -0.15) is 4.98 Å². The number of benzene rings is 1. The fraction of sp³-hybridized carbons (Fsp3) is 0.429. The second-order valence-electron chi connectivity index (χ2n) is 4.86. The van der Waals surface area contributed by atoms with Crippen molar-refractivity contribution in [1.29, 1.82) is 0 Å². The first-order valence-corrected chi connectivity index (χ1v) is 6.96. The van der Waals surface area contributed by atoms with Gasteiger partial charge in [0.15, 0.2) is 5.82 Å². The van der Waals surface area contributed by atoms with Crippen LogP contribution in [0.1, 0.15) is 23.2 Å². The van der Waals surface area contributed by atoms with Gasteiger partial charge in [-0.3, -0.25) is 0 Å². The Morgan fingerprint density at radius 3 is 3.00 bits per heavy atom. The third-order valence-electron chi connectivity index (χ3n) is 3.56. The Morgan fingerprint density at radius 1 is 1.35 bits per heavy atom. The Hall–Kier alpha value is -1.43. The van der Waals surface area contributed by atoms with Crippen LogP contribution in [0.3, 0.4) is 0 Å². The van der Waals surface area contributed by atoms with Crippen LogP contribution in [0.25, 0.3) is 0 Å². The van der Waals surface area contributed by atoms with Crippen LogP contribution in [0, 0.1) is 0 Å². The third kappa shape index (κ3) is 2.70. The normalized spacial score (nSPS) is 22.3. The molecule has 2 unspecified atom stereocenters. The van der Waals surface area contributed by atoms with Crippen LogP contribution in [0.15, 0.2) is 28.8 Å². The lowest BCUT2D eigenvalue weighted by Gasteiger charge is -2.11. The molecule has 1 aliphatic heterocycles. The Kier molecular flexibility index (Phi) is 4.00. The quantitative estimate of drug-likeness (QED) is 0.934. The summed E-state index contributed by atoms with van der Waals surface area (Å²) in [5.74, 6) is 1.39. The van der Waals surface area contributed by atoms with Crippen molar-refractivity contribution in [2.75, 3.05) is 20.3 Å². The maximum absolute atomic E-state index is 6.14. The van der Waals surface area contributed by atoms with Gasteiger partial charge in [0.05, 0.1) is 19.1 Å². The molecule has 0 bridgehead atoms. The first-order chi connectivity index (χ1) is 9.78. The molecule has 0 aliphatic carbocycles. The van der Waals surface area contributed by atoms with Crippen LogP contribution >= 0.6 is 11.6 Å². The summed E-state index contributed by atoms with van der Waals surface area (Å²) in [6.45, 7) is 1.28. The molecule has 1 N–H and O–H groups in total. The van der Waals surface area contributed by atoms with E-state index in [1.165, 1.54) is 0 Å². The van der Waals surface area contributed by atoms with Crippen molar-refractivity contribution >= 4 is 11.6 Å². The van der Waals surface area contributed by atoms with E-state index in [9.17, 15) is 0 Å². The number of nitrogens with one attached hydrogen (secondary N) is 1. The van der Waals surface area contributed by atoms with Gasteiger partial charge in [-0.1, -0.05) is 35.0 Å². The predicted octanol–water partition coefficient (Wildman–Crippen LogP) is 2.02. The van der Waals surface area contributed by atoms with Crippen LogP contribution in [0.4, 0.5) is 0 Å². The lowest BCUT2D eigenvalue weighted by atomic mass is 10.0. The summed E-state index contributed by atoms with van der Waals surface area (Å²) in [7, 11) is 1.91. The fourth-order valence-electron chi connectivity index (χ4n) is 2.38. The highest BCUT2D eigenvalue weighted by molar-refractivity contribution is 6.31. The van der Waals surface area contributed by atoms with Gasteiger partial charge in [-0.05, 0) is 18.7 Å². The van der Waals surface area contributed by atoms with E-state index in [1.54, 1.807) is 0 Å². The van der Waals surface area contributed by atoms with Gasteiger partial charge in [-0.15, -0.1) is 0 Å². The molecule has 1 aliphatic rings. The van der Waals surface area contributed by atoms with E-state index >= 15 is 0 Å². The average molecular weight is 294 g/mol. The van der Waals surface area contributed by atoms with Crippen LogP contribution in [0.2, 0.25) is 5.02 Å². The molecule has 0 radical (unpaired) electrons. The van der Waals surface area contributed by atoms with Gasteiger partial charge < -0.3 is 14.6 Å². The van der Waals surface area contributed by atoms with Crippen LogP contribution in [0.5, 0.6) is 0 Å². The Bertz CT molecular complexity index is 587. The molecule has 20 heavy (non-hydrogen) atoms. The smallest absolute Gasteiger partial charge is 0.233 e. The molecule has 1 aromatic heterocycles. The number of likely N-dealkylation sites (N-methyl/N-ethyl adjacent to an activating group) is 1. The topological polar surface area (TPSA) is 60.2 Å². The van der Waals surface area contributed by atoms with Gasteiger partial charge in [0.25, 0.3) is 0 Å². The van der Waals surface area contributed by atoms with Crippen LogP contribution in [-0.4, -0.2) is 36.4 Å². The summed E-state index contributed by atoms with van der Waals surface area (Å²) in [6.07, 6.45) is 0.570. The Balaban J connectivity index is 1.76. The van der Waals surface area contributed by atoms with Gasteiger partial charge >= 0.3 is 0 Å². The summed E-state index contributed by atoms with van der Waals surface area (Å²) in [6, 6.07) is 7.90. The van der Waals surface area contributed by atoms with Gasteiger partial charge in [0.2, 0.25) is 5.89 Å². The Labute approximate surface area is 122 Å². The van der Waals surface area contributed by atoms with E-state index in [4.69, 9.17) is 20.9 Å². The van der Waals surface area contributed by atoms with E-state index in [0.29, 0.717) is 31.3 Å². The average Bonchev–Trinajstić information content (AvgIpc) is 3.09. The lowest BCUT2D eigenvalue weighted by molar-refractivity contribution is 0.185. The minimum atomic E-state index is 0.118. The molecule has 0 spiro atoms. The van der Waals surface area contributed by atoms with E-state index in [-0.39, 0.29) is 12.0 Å². The molecular formula is C14H16ClN3O2. The molecule has 3 rings (SSSR count). The van der Waals surface area contributed by atoms with Crippen molar-refractivity contribution in [3.05, 3.63) is 46.6 Å². The number of nitrogens with zero attached hydrogens (tertiary/aromatic N) is 2. The first kappa shape index (κ1) is 13.5. The van der Waals surface area contributed by atoms with Crippen molar-refractivity contribution in [3.63, 3.8) is 0 Å². The molecule has 1 fully saturated rings. The molecule has 6 heteroatoms. The summed E-state index contributed by atoms with van der Waals surface area (Å²) in [5.41, 5.74) is 0.995. The number of rotatable bonds is 4. The highest BCUT2D eigenvalue weighted by Crippen LogP contribution is 2.25. The molecule has 5 nitrogen and oxygen atoms in total. The van der Waals surface area contributed by atoms with Crippen molar-refractivity contribution < 1.29 is 9.26 Å². The van der Waals surface area contributed by atoms with E-state index in [2.05, 4.69) is 15.5 Å². The first-order valence-electron chi connectivity index (χ1n) is 6.59. The summed E-state index contributed by atoms with van der Waals surface area (Å²) in [4.78, 5) is 4.47. The molecule has 2 heterocycles. The molecule has 0 amide bonds. The zero-order valence-corrected chi connectivity index (χ0v) is 11.9. The minimum absolute atomic E-state index is 0.118. The second kappa shape index (κ2) is 5.91. The summed E-state index contributed by atoms with van der Waals surface area (Å²) >= 11 is 6.14. The zero-order chi connectivity index (χ0) is 13.9. The van der Waals surface area contributed by atoms with E-state index < -0.39 is 0 Å². The number of halogens is 1.